The lowest BCUT2D eigenvalue weighted by molar-refractivity contribution is 0.0600. The van der Waals surface area contributed by atoms with Crippen LogP contribution in [-0.4, -0.2) is 46.5 Å². The fourth-order valence-electron chi connectivity index (χ4n) is 2.95. The van der Waals surface area contributed by atoms with Crippen molar-refractivity contribution < 1.29 is 19.0 Å². The van der Waals surface area contributed by atoms with Crippen LogP contribution in [0.3, 0.4) is 0 Å². The number of rotatable bonds is 6. The van der Waals surface area contributed by atoms with Gasteiger partial charge < -0.3 is 24.4 Å². The smallest absolute Gasteiger partial charge is 0.340 e. The molecular formula is C20H25ClN2O4. The molecule has 2 aromatic rings. The van der Waals surface area contributed by atoms with E-state index < -0.39 is 0 Å². The molecule has 0 amide bonds. The van der Waals surface area contributed by atoms with Gasteiger partial charge in [-0.1, -0.05) is 12.1 Å². The molecule has 0 atom stereocenters. The van der Waals surface area contributed by atoms with Gasteiger partial charge in [-0.3, -0.25) is 0 Å². The van der Waals surface area contributed by atoms with E-state index in [0.717, 1.165) is 35.8 Å². The van der Waals surface area contributed by atoms with E-state index in [1.807, 2.05) is 42.5 Å². The van der Waals surface area contributed by atoms with Gasteiger partial charge in [0.15, 0.2) is 0 Å². The molecule has 1 saturated heterocycles. The Labute approximate surface area is 165 Å². The number of nitrogens with zero attached hydrogens (tertiary/aromatic N) is 1. The summed E-state index contributed by atoms with van der Waals surface area (Å²) in [6.07, 6.45) is 0. The second kappa shape index (κ2) is 10.0. The highest BCUT2D eigenvalue weighted by Gasteiger charge is 2.19. The summed E-state index contributed by atoms with van der Waals surface area (Å²) in [5.41, 5.74) is 3.45. The molecule has 6 nitrogen and oxygen atoms in total. The Kier molecular flexibility index (Phi) is 7.76. The number of carbonyl (C=O) groups is 1. The second-order valence-electron chi connectivity index (χ2n) is 6.02. The van der Waals surface area contributed by atoms with Gasteiger partial charge in [-0.2, -0.15) is 0 Å². The van der Waals surface area contributed by atoms with Gasteiger partial charge in [-0.15, -0.1) is 12.4 Å². The number of hydrogen-bond acceptors (Lipinski definition) is 6. The molecule has 1 heterocycles. The maximum atomic E-state index is 12.3. The first kappa shape index (κ1) is 20.9. The van der Waals surface area contributed by atoms with Gasteiger partial charge in [0.25, 0.3) is 0 Å². The standard InChI is InChI=1S/C20H24N2O4.ClH/c1-24-17-6-3-15(4-7-17)14-21-16-5-8-19(18(13-16)20(23)25-2)22-9-11-26-12-10-22;/h3-8,13,21H,9-12,14H2,1-2H3;1H. The average molecular weight is 393 g/mol. The normalized spacial score (nSPS) is 13.5. The quantitative estimate of drug-likeness (QED) is 0.761. The number of nitrogens with one attached hydrogen (secondary N) is 1. The summed E-state index contributed by atoms with van der Waals surface area (Å²) >= 11 is 0. The molecule has 0 bridgehead atoms. The number of esters is 1. The monoisotopic (exact) mass is 392 g/mol. The lowest BCUT2D eigenvalue weighted by Crippen LogP contribution is -2.37. The fraction of sp³-hybridized carbons (Fsp3) is 0.350. The van der Waals surface area contributed by atoms with E-state index >= 15 is 0 Å². The fourth-order valence-corrected chi connectivity index (χ4v) is 2.95. The zero-order chi connectivity index (χ0) is 18.4. The van der Waals surface area contributed by atoms with E-state index in [2.05, 4.69) is 10.2 Å². The van der Waals surface area contributed by atoms with E-state index in [-0.39, 0.29) is 18.4 Å². The Morgan fingerprint density at radius 1 is 1.11 bits per heavy atom. The molecule has 0 aromatic heterocycles. The van der Waals surface area contributed by atoms with Gasteiger partial charge in [0.2, 0.25) is 0 Å². The van der Waals surface area contributed by atoms with Crippen molar-refractivity contribution in [3.8, 4) is 5.75 Å². The van der Waals surface area contributed by atoms with E-state index in [4.69, 9.17) is 14.2 Å². The van der Waals surface area contributed by atoms with Crippen LogP contribution in [0.4, 0.5) is 11.4 Å². The molecule has 0 radical (unpaired) electrons. The molecule has 0 saturated carbocycles. The zero-order valence-corrected chi connectivity index (χ0v) is 16.4. The van der Waals surface area contributed by atoms with Crippen LogP contribution in [0.1, 0.15) is 15.9 Å². The third-order valence-corrected chi connectivity index (χ3v) is 4.41. The molecule has 7 heteroatoms. The van der Waals surface area contributed by atoms with Crippen molar-refractivity contribution in [1.82, 2.24) is 0 Å². The highest BCUT2D eigenvalue weighted by Crippen LogP contribution is 2.26. The van der Waals surface area contributed by atoms with Gasteiger partial charge in [0.05, 0.1) is 38.7 Å². The van der Waals surface area contributed by atoms with Gasteiger partial charge >= 0.3 is 5.97 Å². The summed E-state index contributed by atoms with van der Waals surface area (Å²) in [6, 6.07) is 13.7. The first-order valence-corrected chi connectivity index (χ1v) is 8.63. The van der Waals surface area contributed by atoms with Crippen molar-refractivity contribution in [3.05, 3.63) is 53.6 Å². The summed E-state index contributed by atoms with van der Waals surface area (Å²) in [5.74, 6) is 0.496. The molecule has 1 aliphatic heterocycles. The topological polar surface area (TPSA) is 60.0 Å². The van der Waals surface area contributed by atoms with E-state index in [0.29, 0.717) is 25.3 Å². The Balaban J connectivity index is 0.00000261. The Hall–Kier alpha value is -2.44. The van der Waals surface area contributed by atoms with Crippen molar-refractivity contribution in [2.24, 2.45) is 0 Å². The average Bonchev–Trinajstić information content (AvgIpc) is 2.72. The molecule has 27 heavy (non-hydrogen) atoms. The Morgan fingerprint density at radius 2 is 1.81 bits per heavy atom. The molecule has 1 aliphatic rings. The number of morpholine rings is 1. The highest BCUT2D eigenvalue weighted by atomic mass is 35.5. The molecule has 0 unspecified atom stereocenters. The van der Waals surface area contributed by atoms with Crippen LogP contribution in [0, 0.1) is 0 Å². The first-order valence-electron chi connectivity index (χ1n) is 8.63. The van der Waals surface area contributed by atoms with Crippen molar-refractivity contribution >= 4 is 29.8 Å². The maximum Gasteiger partial charge on any atom is 0.340 e. The van der Waals surface area contributed by atoms with Crippen LogP contribution in [0.2, 0.25) is 0 Å². The molecule has 146 valence electrons. The molecular weight excluding hydrogens is 368 g/mol. The molecule has 3 rings (SSSR count). The van der Waals surface area contributed by atoms with E-state index in [1.54, 1.807) is 7.11 Å². The summed E-state index contributed by atoms with van der Waals surface area (Å²) in [5, 5.41) is 3.36. The molecule has 1 N–H and O–H groups in total. The minimum Gasteiger partial charge on any atom is -0.497 e. The van der Waals surface area contributed by atoms with Gasteiger partial charge in [0, 0.05) is 25.3 Å². The van der Waals surface area contributed by atoms with E-state index in [1.165, 1.54) is 7.11 Å². The molecule has 0 spiro atoms. The number of carbonyl (C=O) groups excluding carboxylic acids is 1. The SMILES string of the molecule is COC(=O)c1cc(NCc2ccc(OC)cc2)ccc1N1CCOCC1.Cl. The predicted octanol–water partition coefficient (Wildman–Crippen LogP) is 3.35. The highest BCUT2D eigenvalue weighted by molar-refractivity contribution is 5.97. The van der Waals surface area contributed by atoms with Gasteiger partial charge in [-0.05, 0) is 35.9 Å². The molecule has 2 aromatic carbocycles. The minimum absolute atomic E-state index is 0. The van der Waals surface area contributed by atoms with Gasteiger partial charge in [0.1, 0.15) is 5.75 Å². The molecule has 1 fully saturated rings. The van der Waals surface area contributed by atoms with Crippen molar-refractivity contribution in [3.63, 3.8) is 0 Å². The number of halogens is 1. The van der Waals surface area contributed by atoms with Gasteiger partial charge in [-0.25, -0.2) is 4.79 Å². The number of hydrogen-bond donors (Lipinski definition) is 1. The van der Waals surface area contributed by atoms with Crippen LogP contribution < -0.4 is 15.0 Å². The van der Waals surface area contributed by atoms with Crippen molar-refractivity contribution in [2.75, 3.05) is 50.7 Å². The number of benzene rings is 2. The number of ether oxygens (including phenoxy) is 3. The third-order valence-electron chi connectivity index (χ3n) is 4.41. The largest absolute Gasteiger partial charge is 0.497 e. The van der Waals surface area contributed by atoms with Crippen LogP contribution in [0.5, 0.6) is 5.75 Å². The molecule has 0 aliphatic carbocycles. The number of anilines is 2. The summed E-state index contributed by atoms with van der Waals surface area (Å²) < 4.78 is 15.5. The summed E-state index contributed by atoms with van der Waals surface area (Å²) in [7, 11) is 3.06. The van der Waals surface area contributed by atoms with Crippen LogP contribution in [0.15, 0.2) is 42.5 Å². The maximum absolute atomic E-state index is 12.3. The zero-order valence-electron chi connectivity index (χ0n) is 15.6. The van der Waals surface area contributed by atoms with Crippen molar-refractivity contribution in [2.45, 2.75) is 6.54 Å². The first-order chi connectivity index (χ1) is 12.7. The van der Waals surface area contributed by atoms with Crippen LogP contribution in [-0.2, 0) is 16.0 Å². The lowest BCUT2D eigenvalue weighted by atomic mass is 10.1. The minimum atomic E-state index is -0.334. The summed E-state index contributed by atoms with van der Waals surface area (Å²) in [6.45, 7) is 3.52. The van der Waals surface area contributed by atoms with Crippen LogP contribution >= 0.6 is 12.4 Å². The Morgan fingerprint density at radius 3 is 2.44 bits per heavy atom. The predicted molar refractivity (Wildman–Crippen MR) is 108 cm³/mol. The van der Waals surface area contributed by atoms with Crippen molar-refractivity contribution in [1.29, 1.82) is 0 Å². The Bertz CT molecular complexity index is 746. The third kappa shape index (κ3) is 5.28. The second-order valence-corrected chi connectivity index (χ2v) is 6.02. The lowest BCUT2D eigenvalue weighted by Gasteiger charge is -2.30. The summed E-state index contributed by atoms with van der Waals surface area (Å²) in [4.78, 5) is 14.4. The number of methoxy groups -OCH3 is 2. The van der Waals surface area contributed by atoms with E-state index in [9.17, 15) is 4.79 Å². The van der Waals surface area contributed by atoms with Crippen LogP contribution in [0.25, 0.3) is 0 Å².